The average Bonchev–Trinajstić information content (AvgIpc) is 3.26. The number of halogens is 2. The summed E-state index contributed by atoms with van der Waals surface area (Å²) < 4.78 is 5.56. The van der Waals surface area contributed by atoms with Gasteiger partial charge in [0.2, 0.25) is 0 Å². The van der Waals surface area contributed by atoms with Gasteiger partial charge in [0.15, 0.2) is 0 Å². The van der Waals surface area contributed by atoms with Crippen LogP contribution in [0.1, 0.15) is 17.2 Å². The van der Waals surface area contributed by atoms with Gasteiger partial charge >= 0.3 is 0 Å². The highest BCUT2D eigenvalue weighted by atomic mass is 35.5. The fourth-order valence-corrected chi connectivity index (χ4v) is 3.25. The summed E-state index contributed by atoms with van der Waals surface area (Å²) in [6.45, 7) is 0. The lowest BCUT2D eigenvalue weighted by Gasteiger charge is -2.25. The second-order valence-electron chi connectivity index (χ2n) is 5.41. The maximum atomic E-state index is 9.79. The third kappa shape index (κ3) is 2.32. The highest BCUT2D eigenvalue weighted by molar-refractivity contribution is 6.42. The SMILES string of the molecule is N#CC1=C(c2ccc(Cl)c(Cl)c2)N=C2NN=CC2C1c1ccco1. The molecule has 5 nitrogen and oxygen atoms in total. The van der Waals surface area contributed by atoms with Crippen LogP contribution in [-0.4, -0.2) is 12.1 Å². The predicted octanol–water partition coefficient (Wildman–Crippen LogP) is 4.22. The number of nitrogens with zero attached hydrogens (tertiary/aromatic N) is 3. The van der Waals surface area contributed by atoms with Crippen molar-refractivity contribution in [3.8, 4) is 6.07 Å². The van der Waals surface area contributed by atoms with Gasteiger partial charge in [-0.2, -0.15) is 10.4 Å². The lowest BCUT2D eigenvalue weighted by Crippen LogP contribution is -2.30. The molecule has 2 unspecified atom stereocenters. The number of rotatable bonds is 2. The van der Waals surface area contributed by atoms with Crippen molar-refractivity contribution in [2.75, 3.05) is 0 Å². The van der Waals surface area contributed by atoms with Crippen LogP contribution in [0.15, 0.2) is 56.7 Å². The van der Waals surface area contributed by atoms with E-state index in [0.29, 0.717) is 32.9 Å². The molecule has 2 aliphatic rings. The first-order valence-electron chi connectivity index (χ1n) is 7.20. The Labute approximate surface area is 147 Å². The van der Waals surface area contributed by atoms with E-state index in [1.54, 1.807) is 36.7 Å². The minimum absolute atomic E-state index is 0.155. The topological polar surface area (TPSA) is 73.7 Å². The fourth-order valence-electron chi connectivity index (χ4n) is 2.95. The molecule has 0 saturated carbocycles. The van der Waals surface area contributed by atoms with Crippen molar-refractivity contribution >= 4 is 40.9 Å². The Morgan fingerprint density at radius 2 is 2.08 bits per heavy atom. The van der Waals surface area contributed by atoms with E-state index in [4.69, 9.17) is 27.6 Å². The maximum absolute atomic E-state index is 9.79. The van der Waals surface area contributed by atoms with Gasteiger partial charge in [0, 0.05) is 11.8 Å². The molecular formula is C17H10Cl2N4O. The summed E-state index contributed by atoms with van der Waals surface area (Å²) in [5.74, 6) is 0.922. The number of amidine groups is 1. The van der Waals surface area contributed by atoms with Crippen LogP contribution in [0, 0.1) is 17.2 Å². The lowest BCUT2D eigenvalue weighted by atomic mass is 9.80. The van der Waals surface area contributed by atoms with Crippen LogP contribution in [0.2, 0.25) is 10.0 Å². The van der Waals surface area contributed by atoms with Gasteiger partial charge in [0.25, 0.3) is 0 Å². The molecule has 2 atom stereocenters. The van der Waals surface area contributed by atoms with Gasteiger partial charge in [-0.1, -0.05) is 29.3 Å². The van der Waals surface area contributed by atoms with Gasteiger partial charge in [0.1, 0.15) is 11.6 Å². The smallest absolute Gasteiger partial charge is 0.132 e. The number of fused-ring (bicyclic) bond motifs is 1. The number of hydrazone groups is 1. The molecule has 0 saturated heterocycles. The zero-order valence-corrected chi connectivity index (χ0v) is 13.7. The van der Waals surface area contributed by atoms with E-state index in [9.17, 15) is 5.26 Å². The van der Waals surface area contributed by atoms with Gasteiger partial charge in [0.05, 0.1) is 45.5 Å². The van der Waals surface area contributed by atoms with E-state index >= 15 is 0 Å². The molecule has 7 heteroatoms. The number of furan rings is 1. The molecule has 2 aromatic rings. The molecule has 0 radical (unpaired) electrons. The molecule has 0 spiro atoms. The molecule has 0 bridgehead atoms. The molecule has 0 aliphatic carbocycles. The van der Waals surface area contributed by atoms with Crippen LogP contribution in [0.3, 0.4) is 0 Å². The highest BCUT2D eigenvalue weighted by Gasteiger charge is 2.39. The van der Waals surface area contributed by atoms with Crippen molar-refractivity contribution in [2.45, 2.75) is 5.92 Å². The van der Waals surface area contributed by atoms with Crippen LogP contribution in [0.5, 0.6) is 0 Å². The molecule has 2 aliphatic heterocycles. The Kier molecular flexibility index (Phi) is 3.64. The number of aliphatic imine (C=N–C) groups is 1. The van der Waals surface area contributed by atoms with Gasteiger partial charge in [-0.25, -0.2) is 4.99 Å². The van der Waals surface area contributed by atoms with E-state index in [0.717, 1.165) is 5.56 Å². The van der Waals surface area contributed by atoms with E-state index in [1.165, 1.54) is 0 Å². The quantitative estimate of drug-likeness (QED) is 0.874. The summed E-state index contributed by atoms with van der Waals surface area (Å²) in [5.41, 5.74) is 4.67. The first-order chi connectivity index (χ1) is 11.7. The van der Waals surface area contributed by atoms with Crippen molar-refractivity contribution in [1.29, 1.82) is 5.26 Å². The summed E-state index contributed by atoms with van der Waals surface area (Å²) in [4.78, 5) is 4.59. The standard InChI is InChI=1S/C17H10Cl2N4O/c18-12-4-3-9(6-13(12)19)16-10(7-20)15(14-2-1-5-24-14)11-8-21-23-17(11)22-16/h1-6,8,11,15H,(H,22,23). The summed E-state index contributed by atoms with van der Waals surface area (Å²) in [6.07, 6.45) is 3.34. The molecule has 118 valence electrons. The minimum atomic E-state index is -0.291. The number of nitrogens with one attached hydrogen (secondary N) is 1. The molecule has 0 fully saturated rings. The van der Waals surface area contributed by atoms with Crippen LogP contribution < -0.4 is 5.43 Å². The molecular weight excluding hydrogens is 347 g/mol. The largest absolute Gasteiger partial charge is 0.469 e. The Bertz CT molecular complexity index is 938. The Balaban J connectivity index is 1.93. The monoisotopic (exact) mass is 356 g/mol. The second-order valence-corrected chi connectivity index (χ2v) is 6.22. The van der Waals surface area contributed by atoms with Crippen LogP contribution in [0.25, 0.3) is 5.70 Å². The molecule has 3 heterocycles. The third-order valence-corrected chi connectivity index (χ3v) is 4.79. The summed E-state index contributed by atoms with van der Waals surface area (Å²) in [7, 11) is 0. The Morgan fingerprint density at radius 1 is 1.21 bits per heavy atom. The third-order valence-electron chi connectivity index (χ3n) is 4.05. The van der Waals surface area contributed by atoms with Gasteiger partial charge in [-0.15, -0.1) is 0 Å². The van der Waals surface area contributed by atoms with E-state index in [2.05, 4.69) is 21.6 Å². The van der Waals surface area contributed by atoms with Crippen LogP contribution in [0.4, 0.5) is 0 Å². The number of benzene rings is 1. The van der Waals surface area contributed by atoms with Crippen molar-refractivity contribution in [2.24, 2.45) is 16.0 Å². The van der Waals surface area contributed by atoms with Crippen LogP contribution in [-0.2, 0) is 0 Å². The molecule has 0 amide bonds. The van der Waals surface area contributed by atoms with E-state index in [-0.39, 0.29) is 11.8 Å². The number of nitriles is 1. The van der Waals surface area contributed by atoms with Crippen molar-refractivity contribution < 1.29 is 4.42 Å². The Morgan fingerprint density at radius 3 is 2.79 bits per heavy atom. The molecule has 1 aromatic carbocycles. The number of hydrogen-bond donors (Lipinski definition) is 1. The average molecular weight is 357 g/mol. The zero-order chi connectivity index (χ0) is 16.7. The fraction of sp³-hybridized carbons (Fsp3) is 0.118. The summed E-state index contributed by atoms with van der Waals surface area (Å²) >= 11 is 12.1. The van der Waals surface area contributed by atoms with E-state index < -0.39 is 0 Å². The van der Waals surface area contributed by atoms with Crippen molar-refractivity contribution in [1.82, 2.24) is 5.43 Å². The highest BCUT2D eigenvalue weighted by Crippen LogP contribution is 2.42. The number of hydrogen-bond acceptors (Lipinski definition) is 5. The number of allylic oxidation sites excluding steroid dienone is 1. The normalized spacial score (nSPS) is 22.0. The first kappa shape index (κ1) is 15.0. The minimum Gasteiger partial charge on any atom is -0.469 e. The van der Waals surface area contributed by atoms with E-state index in [1.807, 2.05) is 6.07 Å². The van der Waals surface area contributed by atoms with Gasteiger partial charge in [-0.05, 0) is 24.3 Å². The van der Waals surface area contributed by atoms with Crippen LogP contribution >= 0.6 is 23.2 Å². The van der Waals surface area contributed by atoms with Crippen molar-refractivity contribution in [3.63, 3.8) is 0 Å². The first-order valence-corrected chi connectivity index (χ1v) is 7.95. The van der Waals surface area contributed by atoms with Gasteiger partial charge in [-0.3, -0.25) is 5.43 Å². The Hall–Kier alpha value is -2.55. The molecule has 1 N–H and O–H groups in total. The molecule has 1 aromatic heterocycles. The zero-order valence-electron chi connectivity index (χ0n) is 12.2. The summed E-state index contributed by atoms with van der Waals surface area (Å²) in [5, 5.41) is 14.7. The van der Waals surface area contributed by atoms with Gasteiger partial charge < -0.3 is 4.42 Å². The molecule has 4 rings (SSSR count). The summed E-state index contributed by atoms with van der Waals surface area (Å²) in [6, 6.07) is 11.1. The maximum Gasteiger partial charge on any atom is 0.132 e. The predicted molar refractivity (Wildman–Crippen MR) is 93.0 cm³/mol. The lowest BCUT2D eigenvalue weighted by molar-refractivity contribution is 0.476. The molecule has 24 heavy (non-hydrogen) atoms. The second kappa shape index (κ2) is 5.82. The van der Waals surface area contributed by atoms with Crippen molar-refractivity contribution in [3.05, 3.63) is 63.5 Å².